The lowest BCUT2D eigenvalue weighted by molar-refractivity contribution is 0.218. The highest BCUT2D eigenvalue weighted by molar-refractivity contribution is 7.16. The summed E-state index contributed by atoms with van der Waals surface area (Å²) in [6.45, 7) is 8.94. The van der Waals surface area contributed by atoms with Gasteiger partial charge in [0.15, 0.2) is 0 Å². The Morgan fingerprint density at radius 3 is 2.80 bits per heavy atom. The lowest BCUT2D eigenvalue weighted by atomic mass is 9.72. The first kappa shape index (κ1) is 20.9. The minimum atomic E-state index is 0.279. The molecule has 0 saturated carbocycles. The van der Waals surface area contributed by atoms with Gasteiger partial charge in [-0.05, 0) is 72.9 Å². The van der Waals surface area contributed by atoms with Gasteiger partial charge in [0.05, 0.1) is 11.8 Å². The van der Waals surface area contributed by atoms with Crippen molar-refractivity contribution in [3.05, 3.63) is 62.7 Å². The first-order chi connectivity index (χ1) is 14.3. The monoisotopic (exact) mass is 436 g/mol. The van der Waals surface area contributed by atoms with E-state index in [-0.39, 0.29) is 5.41 Å². The molecule has 1 atom stereocenters. The van der Waals surface area contributed by atoms with Crippen LogP contribution in [0.4, 0.5) is 5.00 Å². The molecule has 1 aliphatic carbocycles. The lowest BCUT2D eigenvalue weighted by Crippen LogP contribution is -2.26. The minimum absolute atomic E-state index is 0.279. The molecule has 2 aromatic heterocycles. The number of nitriles is 1. The number of thiophene rings is 1. The van der Waals surface area contributed by atoms with Crippen LogP contribution in [-0.4, -0.2) is 6.21 Å². The van der Waals surface area contributed by atoms with Crippen LogP contribution in [0.5, 0.6) is 0 Å². The molecule has 1 aliphatic rings. The van der Waals surface area contributed by atoms with Gasteiger partial charge in [-0.1, -0.05) is 38.4 Å². The Balaban J connectivity index is 1.60. The zero-order chi connectivity index (χ0) is 21.5. The summed E-state index contributed by atoms with van der Waals surface area (Å²) in [4.78, 5) is 5.96. The summed E-state index contributed by atoms with van der Waals surface area (Å²) in [6, 6.07) is 12.0. The van der Waals surface area contributed by atoms with Crippen molar-refractivity contribution in [2.24, 2.45) is 16.3 Å². The van der Waals surface area contributed by atoms with Crippen molar-refractivity contribution in [3.8, 4) is 17.4 Å². The maximum atomic E-state index is 9.74. The highest BCUT2D eigenvalue weighted by Gasteiger charge is 2.32. The van der Waals surface area contributed by atoms with Gasteiger partial charge < -0.3 is 4.42 Å². The van der Waals surface area contributed by atoms with Crippen LogP contribution in [0.25, 0.3) is 11.3 Å². The lowest BCUT2D eigenvalue weighted by Gasteiger charge is -2.33. The number of rotatable bonds is 3. The van der Waals surface area contributed by atoms with E-state index in [2.05, 4.69) is 31.8 Å². The Morgan fingerprint density at radius 2 is 2.07 bits per heavy atom. The fraction of sp³-hybridized carbons (Fsp3) is 0.360. The second kappa shape index (κ2) is 8.06. The Labute approximate surface area is 187 Å². The maximum absolute atomic E-state index is 9.74. The van der Waals surface area contributed by atoms with Crippen LogP contribution in [0.2, 0.25) is 5.02 Å². The van der Waals surface area contributed by atoms with E-state index in [9.17, 15) is 5.26 Å². The fourth-order valence-electron chi connectivity index (χ4n) is 4.07. The van der Waals surface area contributed by atoms with Crippen LogP contribution < -0.4 is 0 Å². The van der Waals surface area contributed by atoms with E-state index in [0.29, 0.717) is 16.7 Å². The number of aryl methyl sites for hydroxylation is 1. The second-order valence-electron chi connectivity index (χ2n) is 9.02. The zero-order valence-corrected chi connectivity index (χ0v) is 19.3. The van der Waals surface area contributed by atoms with Gasteiger partial charge in [-0.15, -0.1) is 11.3 Å². The first-order valence-corrected chi connectivity index (χ1v) is 11.4. The Morgan fingerprint density at radius 1 is 1.27 bits per heavy atom. The summed E-state index contributed by atoms with van der Waals surface area (Å²) < 4.78 is 5.98. The smallest absolute Gasteiger partial charge is 0.145 e. The van der Waals surface area contributed by atoms with E-state index in [4.69, 9.17) is 16.0 Å². The third kappa shape index (κ3) is 4.10. The van der Waals surface area contributed by atoms with Crippen molar-refractivity contribution in [1.29, 1.82) is 5.26 Å². The van der Waals surface area contributed by atoms with Gasteiger partial charge in [0, 0.05) is 15.5 Å². The summed E-state index contributed by atoms with van der Waals surface area (Å²) in [7, 11) is 0. The molecule has 0 aliphatic heterocycles. The molecule has 0 fully saturated rings. The number of aliphatic imine (C=N–C) groups is 1. The van der Waals surface area contributed by atoms with Crippen LogP contribution in [0.3, 0.4) is 0 Å². The average Bonchev–Trinajstić information content (AvgIpc) is 3.30. The quantitative estimate of drug-likeness (QED) is 0.394. The van der Waals surface area contributed by atoms with Crippen molar-refractivity contribution in [3.63, 3.8) is 0 Å². The molecule has 0 unspecified atom stereocenters. The maximum Gasteiger partial charge on any atom is 0.145 e. The highest BCUT2D eigenvalue weighted by Crippen LogP contribution is 2.44. The average molecular weight is 437 g/mol. The number of nitrogens with zero attached hydrogens (tertiary/aromatic N) is 2. The molecule has 154 valence electrons. The van der Waals surface area contributed by atoms with Crippen LogP contribution in [-0.2, 0) is 12.8 Å². The molecule has 0 N–H and O–H groups in total. The topological polar surface area (TPSA) is 49.3 Å². The number of fused-ring (bicyclic) bond motifs is 1. The SMILES string of the molecule is Cc1ccc(Cl)cc1-c1ccc(C=Nc2sc3c(c2C#N)CC[C@@H](C(C)(C)C)C3)o1. The van der Waals surface area contributed by atoms with Gasteiger partial charge in [0.2, 0.25) is 0 Å². The standard InChI is InChI=1S/C25H25ClN2OS/c1-15-5-7-17(26)12-20(15)22-10-8-18(29-22)14-28-24-21(13-27)19-9-6-16(25(2,3)4)11-23(19)30-24/h5,7-8,10,12,14,16H,6,9,11H2,1-4H3/t16-/m1/s1. The van der Waals surface area contributed by atoms with Crippen LogP contribution in [0.1, 0.15) is 54.5 Å². The molecule has 0 bridgehead atoms. The summed E-state index contributed by atoms with van der Waals surface area (Å²) >= 11 is 7.79. The van der Waals surface area contributed by atoms with E-state index in [0.717, 1.165) is 46.7 Å². The third-order valence-electron chi connectivity index (χ3n) is 5.98. The summed E-state index contributed by atoms with van der Waals surface area (Å²) in [5.41, 5.74) is 4.28. The molecule has 4 rings (SSSR count). The normalized spacial score (nSPS) is 16.6. The summed E-state index contributed by atoms with van der Waals surface area (Å²) in [6.07, 6.45) is 4.84. The number of furan rings is 1. The number of hydrogen-bond acceptors (Lipinski definition) is 4. The van der Waals surface area contributed by atoms with Gasteiger partial charge in [-0.3, -0.25) is 0 Å². The Hall–Kier alpha value is -2.35. The number of halogens is 1. The summed E-state index contributed by atoms with van der Waals surface area (Å²) in [5.74, 6) is 2.06. The van der Waals surface area contributed by atoms with Crippen LogP contribution in [0, 0.1) is 29.6 Å². The van der Waals surface area contributed by atoms with E-state index in [1.807, 2.05) is 37.3 Å². The van der Waals surface area contributed by atoms with Gasteiger partial charge >= 0.3 is 0 Å². The predicted octanol–water partition coefficient (Wildman–Crippen LogP) is 7.74. The van der Waals surface area contributed by atoms with Crippen LogP contribution >= 0.6 is 22.9 Å². The first-order valence-electron chi connectivity index (χ1n) is 10.2. The zero-order valence-electron chi connectivity index (χ0n) is 17.8. The van der Waals surface area contributed by atoms with E-state index >= 15 is 0 Å². The van der Waals surface area contributed by atoms with Crippen molar-refractivity contribution < 1.29 is 4.42 Å². The molecular weight excluding hydrogens is 412 g/mol. The molecule has 1 aromatic carbocycles. The molecule has 30 heavy (non-hydrogen) atoms. The van der Waals surface area contributed by atoms with E-state index in [1.54, 1.807) is 17.6 Å². The van der Waals surface area contributed by atoms with Crippen LogP contribution in [0.15, 0.2) is 39.7 Å². The molecule has 5 heteroatoms. The van der Waals surface area contributed by atoms with Gasteiger partial charge in [-0.2, -0.15) is 5.26 Å². The molecular formula is C25H25ClN2OS. The number of benzene rings is 1. The van der Waals surface area contributed by atoms with Crippen molar-refractivity contribution in [2.45, 2.75) is 47.0 Å². The fourth-order valence-corrected chi connectivity index (χ4v) is 5.46. The van der Waals surface area contributed by atoms with Crippen molar-refractivity contribution >= 4 is 34.2 Å². The molecule has 0 radical (unpaired) electrons. The van der Waals surface area contributed by atoms with Crippen molar-refractivity contribution in [1.82, 2.24) is 0 Å². The molecule has 0 spiro atoms. The Bertz CT molecular complexity index is 1160. The minimum Gasteiger partial charge on any atom is -0.455 e. The van der Waals surface area contributed by atoms with E-state index < -0.39 is 0 Å². The molecule has 3 aromatic rings. The molecule has 0 saturated heterocycles. The largest absolute Gasteiger partial charge is 0.455 e. The molecule has 0 amide bonds. The molecule has 2 heterocycles. The van der Waals surface area contributed by atoms with Gasteiger partial charge in [0.1, 0.15) is 22.6 Å². The Kier molecular flexibility index (Phi) is 5.61. The van der Waals surface area contributed by atoms with Gasteiger partial charge in [0.25, 0.3) is 0 Å². The number of hydrogen-bond donors (Lipinski definition) is 0. The summed E-state index contributed by atoms with van der Waals surface area (Å²) in [5, 5.41) is 11.2. The third-order valence-corrected chi connectivity index (χ3v) is 7.38. The second-order valence-corrected chi connectivity index (χ2v) is 10.5. The highest BCUT2D eigenvalue weighted by atomic mass is 35.5. The van der Waals surface area contributed by atoms with Gasteiger partial charge in [-0.25, -0.2) is 4.99 Å². The van der Waals surface area contributed by atoms with E-state index in [1.165, 1.54) is 10.4 Å². The van der Waals surface area contributed by atoms with Crippen molar-refractivity contribution in [2.75, 3.05) is 0 Å². The predicted molar refractivity (Wildman–Crippen MR) is 125 cm³/mol. The molecule has 3 nitrogen and oxygen atoms in total.